The van der Waals surface area contributed by atoms with Crippen molar-refractivity contribution in [3.05, 3.63) is 64.7 Å². The third-order valence-electron chi connectivity index (χ3n) is 5.16. The Kier molecular flexibility index (Phi) is 4.32. The van der Waals surface area contributed by atoms with Crippen LogP contribution in [0.5, 0.6) is 0 Å². The fourth-order valence-corrected chi connectivity index (χ4v) is 4.88. The smallest absolute Gasteiger partial charge is 0.304 e. The van der Waals surface area contributed by atoms with Gasteiger partial charge in [0.1, 0.15) is 5.78 Å². The highest BCUT2D eigenvalue weighted by atomic mass is 32.1. The number of benzene rings is 2. The standard InChI is InChI=1S/C21H19NO3S/c23-18(9-10-19-22-16-7-3-4-8-17(16)26-19)21(13-20(24)25)11-14-5-1-2-6-15(14)12-21/h1-8H,9-13H2,(H,24,25). The number of ketones is 1. The predicted molar refractivity (Wildman–Crippen MR) is 101 cm³/mol. The van der Waals surface area contributed by atoms with E-state index >= 15 is 0 Å². The molecule has 0 fully saturated rings. The molecule has 0 spiro atoms. The van der Waals surface area contributed by atoms with E-state index in [2.05, 4.69) is 4.98 Å². The number of hydrogen-bond acceptors (Lipinski definition) is 4. The van der Waals surface area contributed by atoms with Gasteiger partial charge >= 0.3 is 5.97 Å². The summed E-state index contributed by atoms with van der Waals surface area (Å²) in [5.41, 5.74) is 2.34. The monoisotopic (exact) mass is 365 g/mol. The van der Waals surface area contributed by atoms with Crippen LogP contribution in [0.1, 0.15) is 29.0 Å². The van der Waals surface area contributed by atoms with Crippen molar-refractivity contribution >= 4 is 33.3 Å². The molecule has 0 atom stereocenters. The average Bonchev–Trinajstić information content (AvgIpc) is 3.19. The van der Waals surface area contributed by atoms with Crippen LogP contribution < -0.4 is 0 Å². The number of fused-ring (bicyclic) bond motifs is 2. The molecule has 0 radical (unpaired) electrons. The van der Waals surface area contributed by atoms with Gasteiger partial charge < -0.3 is 5.11 Å². The highest BCUT2D eigenvalue weighted by Crippen LogP contribution is 2.41. The predicted octanol–water partition coefficient (Wildman–Crippen LogP) is 4.06. The quantitative estimate of drug-likeness (QED) is 0.715. The first-order valence-corrected chi connectivity index (χ1v) is 9.54. The number of thiazole rings is 1. The minimum Gasteiger partial charge on any atom is -0.481 e. The SMILES string of the molecule is O=C(O)CC1(C(=O)CCc2nc3ccccc3s2)Cc2ccccc2C1. The Morgan fingerprint density at radius 3 is 2.35 bits per heavy atom. The van der Waals surface area contributed by atoms with Crippen molar-refractivity contribution in [1.82, 2.24) is 4.98 Å². The Morgan fingerprint density at radius 1 is 1.04 bits per heavy atom. The zero-order valence-corrected chi connectivity index (χ0v) is 15.1. The Hall–Kier alpha value is -2.53. The zero-order chi connectivity index (χ0) is 18.1. The molecule has 1 heterocycles. The Bertz CT molecular complexity index is 934. The van der Waals surface area contributed by atoms with Crippen molar-refractivity contribution in [2.24, 2.45) is 5.41 Å². The lowest BCUT2D eigenvalue weighted by Crippen LogP contribution is -2.35. The summed E-state index contributed by atoms with van der Waals surface area (Å²) in [5.74, 6) is -0.874. The molecule has 26 heavy (non-hydrogen) atoms. The molecule has 5 heteroatoms. The van der Waals surface area contributed by atoms with Crippen molar-refractivity contribution in [3.63, 3.8) is 0 Å². The number of carboxylic acid groups (broad SMARTS) is 1. The number of carboxylic acids is 1. The molecule has 0 saturated carbocycles. The lowest BCUT2D eigenvalue weighted by molar-refractivity contribution is -0.144. The van der Waals surface area contributed by atoms with Gasteiger partial charge in [0.15, 0.2) is 0 Å². The van der Waals surface area contributed by atoms with E-state index < -0.39 is 11.4 Å². The Labute approximate surface area is 155 Å². The highest BCUT2D eigenvalue weighted by molar-refractivity contribution is 7.18. The molecule has 0 saturated heterocycles. The molecule has 0 amide bonds. The number of aryl methyl sites for hydroxylation is 1. The fourth-order valence-electron chi connectivity index (χ4n) is 3.92. The van der Waals surface area contributed by atoms with Crippen molar-refractivity contribution in [3.8, 4) is 0 Å². The number of hydrogen-bond donors (Lipinski definition) is 1. The molecule has 1 aliphatic carbocycles. The highest BCUT2D eigenvalue weighted by Gasteiger charge is 2.44. The van der Waals surface area contributed by atoms with Crippen molar-refractivity contribution in [1.29, 1.82) is 0 Å². The van der Waals surface area contributed by atoms with Crippen molar-refractivity contribution < 1.29 is 14.7 Å². The maximum atomic E-state index is 13.1. The van der Waals surface area contributed by atoms with E-state index in [0.29, 0.717) is 25.7 Å². The zero-order valence-electron chi connectivity index (χ0n) is 14.3. The molecule has 132 valence electrons. The fraction of sp³-hybridized carbons (Fsp3) is 0.286. The van der Waals surface area contributed by atoms with Crippen LogP contribution in [0.25, 0.3) is 10.2 Å². The Morgan fingerprint density at radius 2 is 1.69 bits per heavy atom. The van der Waals surface area contributed by atoms with Gasteiger partial charge in [-0.25, -0.2) is 4.98 Å². The maximum absolute atomic E-state index is 13.1. The van der Waals surface area contributed by atoms with E-state index in [1.165, 1.54) is 0 Å². The largest absolute Gasteiger partial charge is 0.481 e. The first-order valence-electron chi connectivity index (χ1n) is 8.72. The van der Waals surface area contributed by atoms with Crippen LogP contribution in [0, 0.1) is 5.41 Å². The number of rotatable bonds is 6. The molecule has 4 rings (SSSR count). The van der Waals surface area contributed by atoms with Crippen LogP contribution >= 0.6 is 11.3 Å². The van der Waals surface area contributed by atoms with E-state index in [-0.39, 0.29) is 12.2 Å². The molecule has 1 aliphatic rings. The van der Waals surface area contributed by atoms with Gasteiger partial charge in [-0.2, -0.15) is 0 Å². The summed E-state index contributed by atoms with van der Waals surface area (Å²) in [4.78, 5) is 29.1. The van der Waals surface area contributed by atoms with Crippen molar-refractivity contribution in [2.45, 2.75) is 32.1 Å². The van der Waals surface area contributed by atoms with Crippen LogP contribution in [0.4, 0.5) is 0 Å². The minimum absolute atomic E-state index is 0.0374. The molecule has 0 bridgehead atoms. The molecule has 0 unspecified atom stereocenters. The Balaban J connectivity index is 1.53. The van der Waals surface area contributed by atoms with Crippen LogP contribution in [-0.4, -0.2) is 21.8 Å². The number of aromatic nitrogens is 1. The summed E-state index contributed by atoms with van der Waals surface area (Å²) in [6, 6.07) is 15.8. The van der Waals surface area contributed by atoms with Crippen molar-refractivity contribution in [2.75, 3.05) is 0 Å². The first kappa shape index (κ1) is 16.9. The second-order valence-electron chi connectivity index (χ2n) is 6.97. The van der Waals surface area contributed by atoms with Crippen LogP contribution in [0.15, 0.2) is 48.5 Å². The lowest BCUT2D eigenvalue weighted by Gasteiger charge is -2.25. The summed E-state index contributed by atoms with van der Waals surface area (Å²) in [7, 11) is 0. The third kappa shape index (κ3) is 3.15. The number of carbonyl (C=O) groups excluding carboxylic acids is 1. The maximum Gasteiger partial charge on any atom is 0.304 e. The molecule has 3 aromatic rings. The van der Waals surface area contributed by atoms with Gasteiger partial charge in [0.2, 0.25) is 0 Å². The minimum atomic E-state index is -0.911. The summed E-state index contributed by atoms with van der Waals surface area (Å²) >= 11 is 1.60. The molecule has 2 aromatic carbocycles. The normalized spacial score (nSPS) is 15.1. The number of para-hydroxylation sites is 1. The average molecular weight is 365 g/mol. The van der Waals surface area contributed by atoms with Gasteiger partial charge in [0.25, 0.3) is 0 Å². The summed E-state index contributed by atoms with van der Waals surface area (Å²) < 4.78 is 1.11. The van der Waals surface area contributed by atoms with Gasteiger partial charge in [0, 0.05) is 18.3 Å². The van der Waals surface area contributed by atoms with Gasteiger partial charge in [-0.15, -0.1) is 11.3 Å². The number of nitrogens with zero attached hydrogens (tertiary/aromatic N) is 1. The molecular weight excluding hydrogens is 346 g/mol. The van der Waals surface area contributed by atoms with Gasteiger partial charge in [-0.1, -0.05) is 36.4 Å². The topological polar surface area (TPSA) is 67.3 Å². The van der Waals surface area contributed by atoms with E-state index in [9.17, 15) is 14.7 Å². The lowest BCUT2D eigenvalue weighted by atomic mass is 9.76. The second kappa shape index (κ2) is 6.65. The van der Waals surface area contributed by atoms with E-state index in [0.717, 1.165) is 26.4 Å². The summed E-state index contributed by atoms with van der Waals surface area (Å²) in [6.45, 7) is 0. The summed E-state index contributed by atoms with van der Waals surface area (Å²) in [5, 5.41) is 10.3. The molecule has 1 N–H and O–H groups in total. The number of aliphatic carboxylic acids is 1. The summed E-state index contributed by atoms with van der Waals surface area (Å²) in [6.07, 6.45) is 1.83. The number of carbonyl (C=O) groups is 2. The van der Waals surface area contributed by atoms with Crippen LogP contribution in [0.2, 0.25) is 0 Å². The third-order valence-corrected chi connectivity index (χ3v) is 6.26. The first-order chi connectivity index (χ1) is 12.6. The molecule has 4 nitrogen and oxygen atoms in total. The van der Waals surface area contributed by atoms with Gasteiger partial charge in [-0.3, -0.25) is 9.59 Å². The van der Waals surface area contributed by atoms with Gasteiger partial charge in [0.05, 0.1) is 21.6 Å². The molecule has 1 aromatic heterocycles. The number of Topliss-reactive ketones (excluding diaryl/α,β-unsaturated/α-hetero) is 1. The van der Waals surface area contributed by atoms with Gasteiger partial charge in [-0.05, 0) is 36.1 Å². The molecular formula is C21H19NO3S. The van der Waals surface area contributed by atoms with E-state index in [4.69, 9.17) is 0 Å². The van der Waals surface area contributed by atoms with Crippen LogP contribution in [0.3, 0.4) is 0 Å². The van der Waals surface area contributed by atoms with E-state index in [1.54, 1.807) is 11.3 Å². The van der Waals surface area contributed by atoms with E-state index in [1.807, 2.05) is 48.5 Å². The molecule has 0 aliphatic heterocycles. The van der Waals surface area contributed by atoms with Crippen LogP contribution in [-0.2, 0) is 28.9 Å². The second-order valence-corrected chi connectivity index (χ2v) is 8.09.